The molecule has 3 amide bonds. The van der Waals surface area contributed by atoms with E-state index in [2.05, 4.69) is 22.3 Å². The standard InChI is InChI=1S/C30H49N3O7/c1-8-10-11-12-13-14-19-33(28(37)25(21(3)9-2)32-29(38)40-30(4,5)6)26(22-15-17-23(34)18-16-22)27(36)31-20-24(35)39-7/h15-18,21,25-26,34H,8-14,19-20H2,1-7H3,(H,31,36)(H,32,38). The van der Waals surface area contributed by atoms with Crippen molar-refractivity contribution in [2.24, 2.45) is 5.92 Å². The van der Waals surface area contributed by atoms with Gasteiger partial charge in [0.15, 0.2) is 0 Å². The number of methoxy groups -OCH3 is 1. The first-order chi connectivity index (χ1) is 18.8. The predicted molar refractivity (Wildman–Crippen MR) is 154 cm³/mol. The van der Waals surface area contributed by atoms with Crippen LogP contribution in [0.15, 0.2) is 24.3 Å². The van der Waals surface area contributed by atoms with Gasteiger partial charge in [-0.15, -0.1) is 0 Å². The molecule has 0 fully saturated rings. The van der Waals surface area contributed by atoms with Crippen molar-refractivity contribution < 1.29 is 33.8 Å². The molecular formula is C30H49N3O7. The monoisotopic (exact) mass is 563 g/mol. The van der Waals surface area contributed by atoms with E-state index in [-0.39, 0.29) is 24.8 Å². The number of hydrogen-bond donors (Lipinski definition) is 3. The van der Waals surface area contributed by atoms with Crippen molar-refractivity contribution in [2.45, 2.75) is 104 Å². The number of carbonyl (C=O) groups excluding carboxylic acids is 4. The smallest absolute Gasteiger partial charge is 0.408 e. The molecule has 1 aromatic rings. The van der Waals surface area contributed by atoms with Gasteiger partial charge < -0.3 is 30.1 Å². The van der Waals surface area contributed by atoms with Crippen molar-refractivity contribution >= 4 is 23.9 Å². The fraction of sp³-hybridized carbons (Fsp3) is 0.667. The summed E-state index contributed by atoms with van der Waals surface area (Å²) in [7, 11) is 1.22. The van der Waals surface area contributed by atoms with Gasteiger partial charge in [-0.2, -0.15) is 0 Å². The van der Waals surface area contributed by atoms with Crippen LogP contribution in [-0.4, -0.2) is 65.7 Å². The first-order valence-corrected chi connectivity index (χ1v) is 14.3. The molecule has 226 valence electrons. The number of phenolic OH excluding ortho intramolecular Hbond substituents is 1. The SMILES string of the molecule is CCCCCCCCN(C(=O)C(NC(=O)OC(C)(C)C)C(C)CC)C(C(=O)NCC(=O)OC)c1ccc(O)cc1. The summed E-state index contributed by atoms with van der Waals surface area (Å²) in [5.41, 5.74) is -0.298. The molecule has 0 radical (unpaired) electrons. The van der Waals surface area contributed by atoms with Crippen molar-refractivity contribution in [3.63, 3.8) is 0 Å². The summed E-state index contributed by atoms with van der Waals surface area (Å²) in [6.45, 7) is 11.0. The normalized spacial score (nSPS) is 13.5. The Morgan fingerprint density at radius 1 is 0.975 bits per heavy atom. The molecule has 0 spiro atoms. The second kappa shape index (κ2) is 17.4. The maximum Gasteiger partial charge on any atom is 0.408 e. The van der Waals surface area contributed by atoms with Crippen LogP contribution in [0.25, 0.3) is 0 Å². The number of rotatable bonds is 16. The highest BCUT2D eigenvalue weighted by molar-refractivity contribution is 5.93. The molecule has 1 rings (SSSR count). The fourth-order valence-electron chi connectivity index (χ4n) is 4.18. The molecule has 3 N–H and O–H groups in total. The lowest BCUT2D eigenvalue weighted by atomic mass is 9.95. The predicted octanol–water partition coefficient (Wildman–Crippen LogP) is 4.85. The zero-order valence-electron chi connectivity index (χ0n) is 25.2. The molecule has 0 aliphatic rings. The second-order valence-electron chi connectivity index (χ2n) is 11.1. The van der Waals surface area contributed by atoms with Gasteiger partial charge in [0, 0.05) is 6.54 Å². The summed E-state index contributed by atoms with van der Waals surface area (Å²) in [5, 5.41) is 15.2. The van der Waals surface area contributed by atoms with Crippen LogP contribution < -0.4 is 10.6 Å². The van der Waals surface area contributed by atoms with Crippen LogP contribution in [0.1, 0.15) is 98.1 Å². The van der Waals surface area contributed by atoms with Crippen LogP contribution in [0, 0.1) is 5.92 Å². The van der Waals surface area contributed by atoms with E-state index in [0.29, 0.717) is 18.4 Å². The number of unbranched alkanes of at least 4 members (excludes halogenated alkanes) is 5. The molecule has 0 heterocycles. The minimum Gasteiger partial charge on any atom is -0.508 e. The number of esters is 1. The van der Waals surface area contributed by atoms with Crippen molar-refractivity contribution in [3.05, 3.63) is 29.8 Å². The molecule has 0 saturated heterocycles. The number of carbonyl (C=O) groups is 4. The van der Waals surface area contributed by atoms with Crippen molar-refractivity contribution in [1.29, 1.82) is 0 Å². The molecular weight excluding hydrogens is 514 g/mol. The minimum absolute atomic E-state index is 0.00958. The summed E-state index contributed by atoms with van der Waals surface area (Å²) in [4.78, 5) is 53.8. The Balaban J connectivity index is 3.46. The summed E-state index contributed by atoms with van der Waals surface area (Å²) in [5.74, 6) is -1.88. The Morgan fingerprint density at radius 2 is 1.57 bits per heavy atom. The lowest BCUT2D eigenvalue weighted by Gasteiger charge is -2.36. The van der Waals surface area contributed by atoms with Gasteiger partial charge in [-0.25, -0.2) is 4.79 Å². The van der Waals surface area contributed by atoms with Crippen LogP contribution in [0.3, 0.4) is 0 Å². The van der Waals surface area contributed by atoms with E-state index in [0.717, 1.165) is 32.1 Å². The molecule has 10 heteroatoms. The zero-order chi connectivity index (χ0) is 30.3. The third-order valence-corrected chi connectivity index (χ3v) is 6.59. The minimum atomic E-state index is -1.11. The van der Waals surface area contributed by atoms with Gasteiger partial charge in [0.05, 0.1) is 7.11 Å². The maximum atomic E-state index is 14.2. The lowest BCUT2D eigenvalue weighted by Crippen LogP contribution is -2.55. The van der Waals surface area contributed by atoms with Gasteiger partial charge in [0.2, 0.25) is 11.8 Å². The molecule has 3 atom stereocenters. The Hall–Kier alpha value is -3.30. The van der Waals surface area contributed by atoms with E-state index in [9.17, 15) is 24.3 Å². The third-order valence-electron chi connectivity index (χ3n) is 6.59. The van der Waals surface area contributed by atoms with Crippen molar-refractivity contribution in [2.75, 3.05) is 20.2 Å². The highest BCUT2D eigenvalue weighted by Gasteiger charge is 2.38. The van der Waals surface area contributed by atoms with Crippen LogP contribution in [0.4, 0.5) is 4.79 Å². The topological polar surface area (TPSA) is 134 Å². The number of phenols is 1. The maximum absolute atomic E-state index is 14.2. The Bertz CT molecular complexity index is 944. The van der Waals surface area contributed by atoms with Gasteiger partial charge in [-0.05, 0) is 50.8 Å². The van der Waals surface area contributed by atoms with Crippen molar-refractivity contribution in [1.82, 2.24) is 15.5 Å². The van der Waals surface area contributed by atoms with E-state index >= 15 is 0 Å². The largest absolute Gasteiger partial charge is 0.508 e. The van der Waals surface area contributed by atoms with E-state index in [1.54, 1.807) is 32.9 Å². The highest BCUT2D eigenvalue weighted by atomic mass is 16.6. The van der Waals surface area contributed by atoms with Crippen LogP contribution in [0.5, 0.6) is 5.75 Å². The molecule has 10 nitrogen and oxygen atoms in total. The summed E-state index contributed by atoms with van der Waals surface area (Å²) in [6.07, 6.45) is 5.71. The number of aromatic hydroxyl groups is 1. The Labute approximate surface area is 239 Å². The van der Waals surface area contributed by atoms with Gasteiger partial charge >= 0.3 is 12.1 Å². The molecule has 1 aromatic carbocycles. The average Bonchev–Trinajstić information content (AvgIpc) is 2.90. The number of amides is 3. The number of hydrogen-bond acceptors (Lipinski definition) is 7. The van der Waals surface area contributed by atoms with Crippen LogP contribution in [-0.2, 0) is 23.9 Å². The molecule has 3 unspecified atom stereocenters. The highest BCUT2D eigenvalue weighted by Crippen LogP contribution is 2.27. The summed E-state index contributed by atoms with van der Waals surface area (Å²) >= 11 is 0. The average molecular weight is 564 g/mol. The van der Waals surface area contributed by atoms with Crippen LogP contribution >= 0.6 is 0 Å². The Kier molecular flexibility index (Phi) is 15.1. The molecule has 0 saturated carbocycles. The number of benzene rings is 1. The van der Waals surface area contributed by atoms with E-state index in [4.69, 9.17) is 4.74 Å². The lowest BCUT2D eigenvalue weighted by molar-refractivity contribution is -0.145. The first-order valence-electron chi connectivity index (χ1n) is 14.3. The number of alkyl carbamates (subject to hydrolysis) is 1. The molecule has 0 bridgehead atoms. The molecule has 0 aliphatic heterocycles. The van der Waals surface area contributed by atoms with Gasteiger partial charge in [0.25, 0.3) is 0 Å². The third kappa shape index (κ3) is 12.3. The molecule has 0 aromatic heterocycles. The van der Waals surface area contributed by atoms with E-state index in [1.807, 2.05) is 13.8 Å². The van der Waals surface area contributed by atoms with Gasteiger partial charge in [-0.3, -0.25) is 14.4 Å². The van der Waals surface area contributed by atoms with E-state index in [1.165, 1.54) is 24.1 Å². The van der Waals surface area contributed by atoms with Gasteiger partial charge in [-0.1, -0.05) is 71.4 Å². The van der Waals surface area contributed by atoms with Gasteiger partial charge in [0.1, 0.15) is 30.0 Å². The van der Waals surface area contributed by atoms with E-state index < -0.39 is 41.6 Å². The van der Waals surface area contributed by atoms with Crippen molar-refractivity contribution in [3.8, 4) is 5.75 Å². The first kappa shape index (κ1) is 34.7. The fourth-order valence-corrected chi connectivity index (χ4v) is 4.18. The molecule has 40 heavy (non-hydrogen) atoms. The zero-order valence-corrected chi connectivity index (χ0v) is 25.2. The number of ether oxygens (including phenoxy) is 2. The summed E-state index contributed by atoms with van der Waals surface area (Å²) in [6, 6.07) is 3.95. The number of nitrogens with one attached hydrogen (secondary N) is 2. The van der Waals surface area contributed by atoms with Crippen LogP contribution in [0.2, 0.25) is 0 Å². The quantitative estimate of drug-likeness (QED) is 0.193. The number of nitrogens with zero attached hydrogens (tertiary/aromatic N) is 1. The summed E-state index contributed by atoms with van der Waals surface area (Å²) < 4.78 is 10.1. The second-order valence-corrected chi connectivity index (χ2v) is 11.1. The Morgan fingerprint density at radius 3 is 2.12 bits per heavy atom. The molecule has 0 aliphatic carbocycles.